The maximum Gasteiger partial charge on any atom is 0.0650 e. The van der Waals surface area contributed by atoms with Gasteiger partial charge in [-0.1, -0.05) is 24.3 Å². The predicted octanol–water partition coefficient (Wildman–Crippen LogP) is 0.311. The Balaban J connectivity index is 3.01. The normalized spacial score (nSPS) is 15.4. The maximum absolute atomic E-state index is 9.05. The van der Waals surface area contributed by atoms with Crippen LogP contribution >= 0.6 is 0 Å². The van der Waals surface area contributed by atoms with Crippen molar-refractivity contribution >= 4 is 0 Å². The van der Waals surface area contributed by atoms with E-state index in [4.69, 9.17) is 16.6 Å². The van der Waals surface area contributed by atoms with Crippen LogP contribution in [-0.2, 0) is 12.1 Å². The molecule has 72 valence electrons. The van der Waals surface area contributed by atoms with Crippen molar-refractivity contribution < 1.29 is 5.11 Å². The quantitative estimate of drug-likeness (QED) is 0.627. The van der Waals surface area contributed by atoms with Crippen molar-refractivity contribution in [1.82, 2.24) is 0 Å². The van der Waals surface area contributed by atoms with E-state index < -0.39 is 5.54 Å². The zero-order chi connectivity index (χ0) is 9.90. The van der Waals surface area contributed by atoms with Gasteiger partial charge in [-0.25, -0.2) is 0 Å². The van der Waals surface area contributed by atoms with Gasteiger partial charge in [-0.15, -0.1) is 0 Å². The van der Waals surface area contributed by atoms with Gasteiger partial charge in [0, 0.05) is 6.54 Å². The first-order valence-electron chi connectivity index (χ1n) is 4.29. The Morgan fingerprint density at radius 1 is 1.46 bits per heavy atom. The Morgan fingerprint density at radius 2 is 2.15 bits per heavy atom. The van der Waals surface area contributed by atoms with Crippen molar-refractivity contribution in [3.8, 4) is 0 Å². The molecule has 1 aromatic carbocycles. The standard InChI is InChI=1S/C10H16N2O/c1-10(12,7-13)9-4-2-3-8(5-9)6-11/h2-5,13H,6-7,11-12H2,1H3. The highest BCUT2D eigenvalue weighted by molar-refractivity contribution is 5.28. The molecular weight excluding hydrogens is 164 g/mol. The highest BCUT2D eigenvalue weighted by atomic mass is 16.3. The van der Waals surface area contributed by atoms with E-state index in [1.807, 2.05) is 24.3 Å². The zero-order valence-corrected chi connectivity index (χ0v) is 7.83. The second kappa shape index (κ2) is 3.87. The van der Waals surface area contributed by atoms with Crippen molar-refractivity contribution in [2.45, 2.75) is 19.0 Å². The van der Waals surface area contributed by atoms with Gasteiger partial charge in [0.05, 0.1) is 12.1 Å². The van der Waals surface area contributed by atoms with Crippen LogP contribution in [0.15, 0.2) is 24.3 Å². The molecule has 1 aromatic rings. The van der Waals surface area contributed by atoms with Crippen LogP contribution in [0.2, 0.25) is 0 Å². The van der Waals surface area contributed by atoms with Gasteiger partial charge >= 0.3 is 0 Å². The SMILES string of the molecule is CC(N)(CO)c1cccc(CN)c1. The minimum atomic E-state index is -0.675. The Hall–Kier alpha value is -0.900. The van der Waals surface area contributed by atoms with E-state index in [0.717, 1.165) is 11.1 Å². The van der Waals surface area contributed by atoms with Gasteiger partial charge in [-0.3, -0.25) is 0 Å². The van der Waals surface area contributed by atoms with Gasteiger partial charge in [-0.05, 0) is 18.1 Å². The Labute approximate surface area is 78.4 Å². The molecule has 5 N–H and O–H groups in total. The molecule has 0 radical (unpaired) electrons. The van der Waals surface area contributed by atoms with Crippen LogP contribution in [-0.4, -0.2) is 11.7 Å². The monoisotopic (exact) mass is 180 g/mol. The molecule has 0 aliphatic heterocycles. The van der Waals surface area contributed by atoms with Gasteiger partial charge in [-0.2, -0.15) is 0 Å². The van der Waals surface area contributed by atoms with Gasteiger partial charge < -0.3 is 16.6 Å². The topological polar surface area (TPSA) is 72.3 Å². The summed E-state index contributed by atoms with van der Waals surface area (Å²) in [6.45, 7) is 2.22. The Bertz CT molecular complexity index is 284. The molecule has 0 bridgehead atoms. The second-order valence-corrected chi connectivity index (χ2v) is 3.48. The smallest absolute Gasteiger partial charge is 0.0650 e. The third kappa shape index (κ3) is 2.28. The number of hydrogen-bond acceptors (Lipinski definition) is 3. The first-order valence-corrected chi connectivity index (χ1v) is 4.29. The first kappa shape index (κ1) is 10.2. The van der Waals surface area contributed by atoms with E-state index >= 15 is 0 Å². The molecule has 1 rings (SSSR count). The molecule has 1 atom stereocenters. The van der Waals surface area contributed by atoms with E-state index in [1.165, 1.54) is 0 Å². The van der Waals surface area contributed by atoms with Crippen molar-refractivity contribution in [3.63, 3.8) is 0 Å². The molecule has 13 heavy (non-hydrogen) atoms. The molecular formula is C10H16N2O. The molecule has 0 amide bonds. The fourth-order valence-corrected chi connectivity index (χ4v) is 1.14. The summed E-state index contributed by atoms with van der Waals surface area (Å²) in [5, 5.41) is 9.05. The molecule has 3 heteroatoms. The molecule has 0 aliphatic carbocycles. The number of hydrogen-bond donors (Lipinski definition) is 3. The Kier molecular flexibility index (Phi) is 3.03. The van der Waals surface area contributed by atoms with Crippen LogP contribution in [0, 0.1) is 0 Å². The van der Waals surface area contributed by atoms with Gasteiger partial charge in [0.2, 0.25) is 0 Å². The number of nitrogens with two attached hydrogens (primary N) is 2. The van der Waals surface area contributed by atoms with Crippen LogP contribution in [0.25, 0.3) is 0 Å². The fraction of sp³-hybridized carbons (Fsp3) is 0.400. The largest absolute Gasteiger partial charge is 0.394 e. The van der Waals surface area contributed by atoms with E-state index in [9.17, 15) is 0 Å². The minimum absolute atomic E-state index is 0.0684. The lowest BCUT2D eigenvalue weighted by Gasteiger charge is -2.22. The van der Waals surface area contributed by atoms with E-state index in [0.29, 0.717) is 6.54 Å². The highest BCUT2D eigenvalue weighted by Gasteiger charge is 2.19. The van der Waals surface area contributed by atoms with Gasteiger partial charge in [0.15, 0.2) is 0 Å². The predicted molar refractivity (Wildman–Crippen MR) is 53.0 cm³/mol. The average Bonchev–Trinajstić information content (AvgIpc) is 2.18. The summed E-state index contributed by atoms with van der Waals surface area (Å²) in [4.78, 5) is 0. The molecule has 0 fully saturated rings. The molecule has 0 aromatic heterocycles. The molecule has 0 aliphatic rings. The van der Waals surface area contributed by atoms with Gasteiger partial charge in [0.1, 0.15) is 0 Å². The van der Waals surface area contributed by atoms with E-state index in [-0.39, 0.29) is 6.61 Å². The molecule has 0 spiro atoms. The fourth-order valence-electron chi connectivity index (χ4n) is 1.14. The van der Waals surface area contributed by atoms with Crippen LogP contribution in [0.1, 0.15) is 18.1 Å². The maximum atomic E-state index is 9.05. The highest BCUT2D eigenvalue weighted by Crippen LogP contribution is 2.17. The molecule has 1 unspecified atom stereocenters. The third-order valence-corrected chi connectivity index (χ3v) is 2.15. The molecule has 0 saturated heterocycles. The lowest BCUT2D eigenvalue weighted by atomic mass is 9.93. The first-order chi connectivity index (χ1) is 6.10. The van der Waals surface area contributed by atoms with E-state index in [1.54, 1.807) is 6.92 Å². The second-order valence-electron chi connectivity index (χ2n) is 3.48. The summed E-state index contributed by atoms with van der Waals surface area (Å²) in [6, 6.07) is 7.67. The summed E-state index contributed by atoms with van der Waals surface area (Å²) in [7, 11) is 0. The lowest BCUT2D eigenvalue weighted by molar-refractivity contribution is 0.210. The zero-order valence-electron chi connectivity index (χ0n) is 7.83. The summed E-state index contributed by atoms with van der Waals surface area (Å²) in [5.74, 6) is 0. The van der Waals surface area contributed by atoms with Gasteiger partial charge in [0.25, 0.3) is 0 Å². The average molecular weight is 180 g/mol. The molecule has 0 saturated carbocycles. The summed E-state index contributed by atoms with van der Waals surface area (Å²) in [5.41, 5.74) is 12.6. The van der Waals surface area contributed by atoms with Crippen molar-refractivity contribution in [3.05, 3.63) is 35.4 Å². The summed E-state index contributed by atoms with van der Waals surface area (Å²) >= 11 is 0. The van der Waals surface area contributed by atoms with Crippen molar-refractivity contribution in [1.29, 1.82) is 0 Å². The van der Waals surface area contributed by atoms with Crippen molar-refractivity contribution in [2.24, 2.45) is 11.5 Å². The molecule has 3 nitrogen and oxygen atoms in total. The minimum Gasteiger partial charge on any atom is -0.394 e. The number of rotatable bonds is 3. The Morgan fingerprint density at radius 3 is 2.69 bits per heavy atom. The third-order valence-electron chi connectivity index (χ3n) is 2.15. The molecule has 0 heterocycles. The number of aliphatic hydroxyl groups excluding tert-OH is 1. The van der Waals surface area contributed by atoms with Crippen molar-refractivity contribution in [2.75, 3.05) is 6.61 Å². The summed E-state index contributed by atoms with van der Waals surface area (Å²) in [6.07, 6.45) is 0. The summed E-state index contributed by atoms with van der Waals surface area (Å²) < 4.78 is 0. The number of aliphatic hydroxyl groups is 1. The van der Waals surface area contributed by atoms with Crippen LogP contribution in [0.3, 0.4) is 0 Å². The number of benzene rings is 1. The van der Waals surface area contributed by atoms with Crippen LogP contribution in [0.5, 0.6) is 0 Å². The van der Waals surface area contributed by atoms with Crippen LogP contribution < -0.4 is 11.5 Å². The van der Waals surface area contributed by atoms with E-state index in [2.05, 4.69) is 0 Å². The lowest BCUT2D eigenvalue weighted by Crippen LogP contribution is -2.37. The van der Waals surface area contributed by atoms with Crippen LogP contribution in [0.4, 0.5) is 0 Å².